The summed E-state index contributed by atoms with van der Waals surface area (Å²) in [4.78, 5) is 11.7. The maximum Gasteiger partial charge on any atom is 0.167 e. The molecule has 124 valence electrons. The molecule has 0 fully saturated rings. The topological polar surface area (TPSA) is 30.7 Å². The Kier molecular flexibility index (Phi) is 4.83. The van der Waals surface area contributed by atoms with Crippen molar-refractivity contribution in [1.82, 2.24) is 4.40 Å². The lowest BCUT2D eigenvalue weighted by molar-refractivity contribution is 0.111. The number of aromatic nitrogens is 1. The molecule has 0 N–H and O–H groups in total. The molecule has 1 aromatic carbocycles. The fourth-order valence-electron chi connectivity index (χ4n) is 2.78. The van der Waals surface area contributed by atoms with Gasteiger partial charge < -0.3 is 9.14 Å². The maximum atomic E-state index is 11.7. The molecule has 0 aliphatic rings. The van der Waals surface area contributed by atoms with Gasteiger partial charge in [-0.2, -0.15) is 0 Å². The van der Waals surface area contributed by atoms with Gasteiger partial charge in [-0.1, -0.05) is 36.2 Å². The second-order valence-electron chi connectivity index (χ2n) is 5.44. The number of rotatable bonds is 5. The van der Waals surface area contributed by atoms with Gasteiger partial charge in [-0.25, -0.2) is 0 Å². The summed E-state index contributed by atoms with van der Waals surface area (Å²) in [6.07, 6.45) is 3.73. The predicted octanol–water partition coefficient (Wildman–Crippen LogP) is 5.69. The Morgan fingerprint density at radius 3 is 2.54 bits per heavy atom. The van der Waals surface area contributed by atoms with E-state index in [0.717, 1.165) is 29.4 Å². The van der Waals surface area contributed by atoms with Crippen molar-refractivity contribution in [1.29, 1.82) is 0 Å². The number of aldehydes is 1. The van der Waals surface area contributed by atoms with E-state index in [-0.39, 0.29) is 0 Å². The van der Waals surface area contributed by atoms with Crippen LogP contribution in [0.15, 0.2) is 36.5 Å². The molecule has 0 bridgehead atoms. The van der Waals surface area contributed by atoms with Crippen LogP contribution in [-0.2, 0) is 6.42 Å². The summed E-state index contributed by atoms with van der Waals surface area (Å²) in [6, 6.07) is 9.44. The number of carbonyl (C=O) groups is 1. The summed E-state index contributed by atoms with van der Waals surface area (Å²) < 4.78 is 7.35. The number of hydrogen-bond acceptors (Lipinski definition) is 2. The normalized spacial score (nSPS) is 11.0. The van der Waals surface area contributed by atoms with E-state index in [9.17, 15) is 4.79 Å². The molecule has 3 aromatic rings. The van der Waals surface area contributed by atoms with Crippen molar-refractivity contribution < 1.29 is 9.53 Å². The van der Waals surface area contributed by atoms with Crippen molar-refractivity contribution in [2.24, 2.45) is 0 Å². The molecule has 0 aliphatic heterocycles. The van der Waals surface area contributed by atoms with E-state index in [1.807, 2.05) is 29.7 Å². The molecule has 0 radical (unpaired) electrons. The average molecular weight is 362 g/mol. The smallest absolute Gasteiger partial charge is 0.167 e. The van der Waals surface area contributed by atoms with Crippen molar-refractivity contribution in [2.45, 2.75) is 20.3 Å². The van der Waals surface area contributed by atoms with E-state index in [1.165, 1.54) is 0 Å². The van der Waals surface area contributed by atoms with E-state index in [4.69, 9.17) is 27.9 Å². The van der Waals surface area contributed by atoms with Crippen molar-refractivity contribution in [3.8, 4) is 16.9 Å². The fourth-order valence-corrected chi connectivity index (χ4v) is 3.25. The Balaban J connectivity index is 2.22. The Labute approximate surface area is 150 Å². The van der Waals surface area contributed by atoms with Crippen LogP contribution in [-0.4, -0.2) is 17.3 Å². The number of carbonyl (C=O) groups excluding carboxylic acids is 1. The number of hydrogen-bond donors (Lipinski definition) is 0. The largest absolute Gasteiger partial charge is 0.492 e. The summed E-state index contributed by atoms with van der Waals surface area (Å²) in [5.41, 5.74) is 4.12. The third-order valence-electron chi connectivity index (χ3n) is 4.00. The first-order chi connectivity index (χ1) is 11.6. The van der Waals surface area contributed by atoms with E-state index >= 15 is 0 Å². The first kappa shape index (κ1) is 16.9. The molecule has 0 saturated heterocycles. The first-order valence-corrected chi connectivity index (χ1v) is 8.56. The van der Waals surface area contributed by atoms with Gasteiger partial charge in [-0.3, -0.25) is 4.79 Å². The van der Waals surface area contributed by atoms with Crippen LogP contribution in [0.5, 0.6) is 5.75 Å². The van der Waals surface area contributed by atoms with Crippen LogP contribution in [0.4, 0.5) is 0 Å². The van der Waals surface area contributed by atoms with Crippen LogP contribution >= 0.6 is 23.2 Å². The standard InChI is InChI=1S/C19H17Cl2NO2/c1-3-12-5-6-13-7-15(18(11-23)22(13)10-12)14-8-17(21)19(24-4-2)9-16(14)20/h5-11H,3-4H2,1-2H3. The molecule has 0 saturated carbocycles. The van der Waals surface area contributed by atoms with Gasteiger partial charge in [0.15, 0.2) is 6.29 Å². The zero-order valence-electron chi connectivity index (χ0n) is 13.5. The molecule has 2 heterocycles. The summed E-state index contributed by atoms with van der Waals surface area (Å²) in [7, 11) is 0. The third-order valence-corrected chi connectivity index (χ3v) is 4.61. The summed E-state index contributed by atoms with van der Waals surface area (Å²) in [6.45, 7) is 4.47. The fraction of sp³-hybridized carbons (Fsp3) is 0.211. The molecule has 3 nitrogen and oxygen atoms in total. The highest BCUT2D eigenvalue weighted by Gasteiger charge is 2.17. The van der Waals surface area contributed by atoms with Gasteiger partial charge in [0, 0.05) is 28.9 Å². The van der Waals surface area contributed by atoms with Crippen LogP contribution < -0.4 is 4.74 Å². The molecule has 0 unspecified atom stereocenters. The van der Waals surface area contributed by atoms with E-state index < -0.39 is 0 Å². The number of nitrogens with zero attached hydrogens (tertiary/aromatic N) is 1. The number of ether oxygens (including phenoxy) is 1. The average Bonchev–Trinajstić information content (AvgIpc) is 2.95. The van der Waals surface area contributed by atoms with Crippen LogP contribution in [0, 0.1) is 0 Å². The summed E-state index contributed by atoms with van der Waals surface area (Å²) in [5.74, 6) is 0.539. The van der Waals surface area contributed by atoms with Crippen LogP contribution in [0.25, 0.3) is 16.6 Å². The SMILES string of the molecule is CCOc1cc(Cl)c(-c2cc3ccc(CC)cn3c2C=O)cc1Cl. The van der Waals surface area contributed by atoms with Gasteiger partial charge >= 0.3 is 0 Å². The van der Waals surface area contributed by atoms with Gasteiger partial charge in [0.2, 0.25) is 0 Å². The Hall–Kier alpha value is -1.97. The van der Waals surface area contributed by atoms with Crippen LogP contribution in [0.2, 0.25) is 10.0 Å². The van der Waals surface area contributed by atoms with E-state index in [0.29, 0.717) is 33.7 Å². The zero-order chi connectivity index (χ0) is 17.3. The number of pyridine rings is 1. The molecule has 2 aromatic heterocycles. The quantitative estimate of drug-likeness (QED) is 0.546. The molecule has 0 amide bonds. The maximum absolute atomic E-state index is 11.7. The van der Waals surface area contributed by atoms with Gasteiger partial charge in [-0.05, 0) is 37.1 Å². The first-order valence-electron chi connectivity index (χ1n) is 7.80. The van der Waals surface area contributed by atoms with E-state index in [2.05, 4.69) is 13.0 Å². The highest BCUT2D eigenvalue weighted by molar-refractivity contribution is 6.36. The molecular formula is C19H17Cl2NO2. The number of halogens is 2. The second-order valence-corrected chi connectivity index (χ2v) is 6.26. The lowest BCUT2D eigenvalue weighted by atomic mass is 10.1. The number of fused-ring (bicyclic) bond motifs is 1. The number of benzene rings is 1. The highest BCUT2D eigenvalue weighted by atomic mass is 35.5. The molecule has 0 aliphatic carbocycles. The van der Waals surface area contributed by atoms with Gasteiger partial charge in [0.25, 0.3) is 0 Å². The molecule has 5 heteroatoms. The number of aryl methyl sites for hydroxylation is 1. The van der Waals surface area contributed by atoms with Crippen LogP contribution in [0.3, 0.4) is 0 Å². The summed E-state index contributed by atoms with van der Waals surface area (Å²) >= 11 is 12.7. The van der Waals surface area contributed by atoms with Crippen molar-refractivity contribution >= 4 is 35.0 Å². The van der Waals surface area contributed by atoms with Gasteiger partial charge in [-0.15, -0.1) is 0 Å². The van der Waals surface area contributed by atoms with Crippen molar-refractivity contribution in [3.05, 3.63) is 57.8 Å². The monoisotopic (exact) mass is 361 g/mol. The Bertz CT molecular complexity index is 915. The predicted molar refractivity (Wildman–Crippen MR) is 98.8 cm³/mol. The molecule has 0 atom stereocenters. The zero-order valence-corrected chi connectivity index (χ0v) is 15.0. The second kappa shape index (κ2) is 6.88. The third kappa shape index (κ3) is 2.90. The van der Waals surface area contributed by atoms with E-state index in [1.54, 1.807) is 12.1 Å². The van der Waals surface area contributed by atoms with Crippen LogP contribution in [0.1, 0.15) is 29.9 Å². The Morgan fingerprint density at radius 2 is 1.88 bits per heavy atom. The Morgan fingerprint density at radius 1 is 1.08 bits per heavy atom. The van der Waals surface area contributed by atoms with Gasteiger partial charge in [0.05, 0.1) is 22.3 Å². The minimum atomic E-state index is 0.470. The van der Waals surface area contributed by atoms with Crippen molar-refractivity contribution in [3.63, 3.8) is 0 Å². The molecule has 24 heavy (non-hydrogen) atoms. The highest BCUT2D eigenvalue weighted by Crippen LogP contribution is 2.39. The lowest BCUT2D eigenvalue weighted by Gasteiger charge is -2.10. The lowest BCUT2D eigenvalue weighted by Crippen LogP contribution is -1.96. The molecular weight excluding hydrogens is 345 g/mol. The summed E-state index contributed by atoms with van der Waals surface area (Å²) in [5, 5.41) is 0.968. The van der Waals surface area contributed by atoms with Gasteiger partial charge in [0.1, 0.15) is 5.75 Å². The van der Waals surface area contributed by atoms with Crippen molar-refractivity contribution in [2.75, 3.05) is 6.61 Å². The minimum absolute atomic E-state index is 0.470. The molecule has 0 spiro atoms. The molecule has 3 rings (SSSR count). The minimum Gasteiger partial charge on any atom is -0.492 e.